The number of amides is 1. The molecule has 0 radical (unpaired) electrons. The molecule has 1 aliphatic heterocycles. The van der Waals surface area contributed by atoms with E-state index in [9.17, 15) is 23.8 Å². The van der Waals surface area contributed by atoms with E-state index in [0.717, 1.165) is 11.3 Å². The molecule has 2 N–H and O–H groups in total. The number of aromatic hydroxyl groups is 1. The van der Waals surface area contributed by atoms with Crippen LogP contribution >= 0.6 is 0 Å². The number of nitrogens with zero attached hydrogens (tertiary/aromatic N) is 1. The monoisotopic (exact) mass is 437 g/mol. The van der Waals surface area contributed by atoms with Gasteiger partial charge < -0.3 is 15.1 Å². The highest BCUT2D eigenvalue weighted by Gasteiger charge is 2.48. The van der Waals surface area contributed by atoms with Gasteiger partial charge in [0.25, 0.3) is 0 Å². The number of hydrogen-bond donors (Lipinski definition) is 2. The van der Waals surface area contributed by atoms with Gasteiger partial charge in [-0.3, -0.25) is 4.79 Å². The normalized spacial score (nSPS) is 22.2. The van der Waals surface area contributed by atoms with E-state index in [0.29, 0.717) is 24.0 Å². The quantitative estimate of drug-likeness (QED) is 0.594. The molecule has 4 rings (SSSR count). The number of benzene rings is 2. The van der Waals surface area contributed by atoms with Crippen LogP contribution in [0.25, 0.3) is 5.57 Å². The van der Waals surface area contributed by atoms with Crippen molar-refractivity contribution < 1.29 is 23.8 Å². The van der Waals surface area contributed by atoms with Gasteiger partial charge in [-0.15, -0.1) is 0 Å². The predicted molar refractivity (Wildman–Crippen MR) is 118 cm³/mol. The van der Waals surface area contributed by atoms with E-state index in [4.69, 9.17) is 0 Å². The molecule has 0 saturated carbocycles. The van der Waals surface area contributed by atoms with Crippen molar-refractivity contribution in [3.63, 3.8) is 0 Å². The summed E-state index contributed by atoms with van der Waals surface area (Å²) >= 11 is 0. The summed E-state index contributed by atoms with van der Waals surface area (Å²) in [6.45, 7) is 1.63. The van der Waals surface area contributed by atoms with Gasteiger partial charge in [-0.25, -0.2) is 8.78 Å². The number of carbonyl (C=O) groups excluding carboxylic acids is 1. The number of aliphatic hydroxyl groups is 1. The van der Waals surface area contributed by atoms with E-state index in [-0.39, 0.29) is 41.7 Å². The average molecular weight is 437 g/mol. The Bertz CT molecular complexity index is 1090. The van der Waals surface area contributed by atoms with Crippen molar-refractivity contribution in [1.82, 2.24) is 4.90 Å². The predicted octanol–water partition coefficient (Wildman–Crippen LogP) is 5.42. The molecule has 1 fully saturated rings. The number of likely N-dealkylation sites (tertiary alicyclic amines) is 1. The summed E-state index contributed by atoms with van der Waals surface area (Å²) in [5.74, 6) is -0.863. The second-order valence-corrected chi connectivity index (χ2v) is 8.20. The van der Waals surface area contributed by atoms with Crippen LogP contribution in [-0.2, 0) is 4.79 Å². The number of allylic oxidation sites excluding steroid dienone is 5. The average Bonchev–Trinajstić information content (AvgIpc) is 2.77. The van der Waals surface area contributed by atoms with Crippen molar-refractivity contribution in [2.75, 3.05) is 0 Å². The third kappa shape index (κ3) is 4.36. The molecular weight excluding hydrogens is 412 g/mol. The first-order valence-electron chi connectivity index (χ1n) is 10.7. The van der Waals surface area contributed by atoms with Gasteiger partial charge in [-0.05, 0) is 72.9 Å². The van der Waals surface area contributed by atoms with Gasteiger partial charge in [0.05, 0.1) is 18.1 Å². The molecule has 1 heterocycles. The Labute approximate surface area is 185 Å². The van der Waals surface area contributed by atoms with E-state index in [1.807, 2.05) is 6.08 Å². The van der Waals surface area contributed by atoms with Crippen LogP contribution in [0.1, 0.15) is 43.4 Å². The zero-order chi connectivity index (χ0) is 22.8. The van der Waals surface area contributed by atoms with Crippen molar-refractivity contribution in [1.29, 1.82) is 0 Å². The molecule has 1 amide bonds. The van der Waals surface area contributed by atoms with Gasteiger partial charge >= 0.3 is 0 Å². The van der Waals surface area contributed by atoms with Gasteiger partial charge in [-0.1, -0.05) is 30.3 Å². The first-order valence-corrected chi connectivity index (χ1v) is 10.7. The molecule has 2 aromatic rings. The molecule has 166 valence electrons. The van der Waals surface area contributed by atoms with Crippen LogP contribution in [0.5, 0.6) is 5.75 Å². The zero-order valence-corrected chi connectivity index (χ0v) is 17.7. The molecular formula is C26H25F2NO3. The number of aliphatic hydroxyl groups excluding tert-OH is 1. The lowest BCUT2D eigenvalue weighted by atomic mass is 9.78. The summed E-state index contributed by atoms with van der Waals surface area (Å²) in [6, 6.07) is 12.4. The van der Waals surface area contributed by atoms with Gasteiger partial charge in [-0.2, -0.15) is 0 Å². The Hall–Kier alpha value is -3.25. The van der Waals surface area contributed by atoms with Crippen LogP contribution in [-0.4, -0.2) is 27.1 Å². The van der Waals surface area contributed by atoms with Crippen LogP contribution in [0.4, 0.5) is 8.78 Å². The third-order valence-corrected chi connectivity index (χ3v) is 6.05. The summed E-state index contributed by atoms with van der Waals surface area (Å²) < 4.78 is 26.8. The van der Waals surface area contributed by atoms with Crippen LogP contribution in [0.2, 0.25) is 0 Å². The van der Waals surface area contributed by atoms with Gasteiger partial charge in [0.15, 0.2) is 0 Å². The van der Waals surface area contributed by atoms with Crippen LogP contribution < -0.4 is 0 Å². The Morgan fingerprint density at radius 2 is 1.78 bits per heavy atom. The molecule has 1 aliphatic carbocycles. The first kappa shape index (κ1) is 22.0. The summed E-state index contributed by atoms with van der Waals surface area (Å²) in [6.07, 6.45) is 5.19. The SMILES string of the molecule is CC(O)C(=CCC1C(=O)N(C2=CC=C(F)CC2)C1c1ccc(O)cc1)c1ccc(F)cc1. The van der Waals surface area contributed by atoms with Crippen molar-refractivity contribution in [2.45, 2.75) is 38.3 Å². The Kier molecular flexibility index (Phi) is 6.24. The Morgan fingerprint density at radius 1 is 1.09 bits per heavy atom. The third-order valence-electron chi connectivity index (χ3n) is 6.05. The largest absolute Gasteiger partial charge is 0.508 e. The van der Waals surface area contributed by atoms with E-state index in [2.05, 4.69) is 0 Å². The summed E-state index contributed by atoms with van der Waals surface area (Å²) in [7, 11) is 0. The summed E-state index contributed by atoms with van der Waals surface area (Å²) in [5.41, 5.74) is 2.96. The fraction of sp³-hybridized carbons (Fsp3) is 0.269. The molecule has 6 heteroatoms. The maximum atomic E-state index is 13.5. The van der Waals surface area contributed by atoms with E-state index >= 15 is 0 Å². The molecule has 1 saturated heterocycles. The second kappa shape index (κ2) is 9.09. The molecule has 3 atom stereocenters. The van der Waals surface area contributed by atoms with Crippen LogP contribution in [0.15, 0.2) is 78.3 Å². The zero-order valence-electron chi connectivity index (χ0n) is 17.7. The minimum absolute atomic E-state index is 0.0645. The summed E-state index contributed by atoms with van der Waals surface area (Å²) in [5, 5.41) is 19.9. The van der Waals surface area contributed by atoms with Gasteiger partial charge in [0, 0.05) is 12.1 Å². The minimum atomic E-state index is -0.784. The molecule has 0 spiro atoms. The van der Waals surface area contributed by atoms with Crippen molar-refractivity contribution >= 4 is 11.5 Å². The number of β-lactam (4-membered cyclic amide) rings is 1. The maximum absolute atomic E-state index is 13.5. The molecule has 32 heavy (non-hydrogen) atoms. The highest BCUT2D eigenvalue weighted by Crippen LogP contribution is 2.47. The number of phenols is 1. The lowest BCUT2D eigenvalue weighted by Gasteiger charge is -2.49. The number of phenolic OH excluding ortho intramolecular Hbond substituents is 1. The van der Waals surface area contributed by atoms with Gasteiger partial charge in [0.2, 0.25) is 5.91 Å². The lowest BCUT2D eigenvalue weighted by Crippen LogP contribution is -2.54. The van der Waals surface area contributed by atoms with E-state index in [1.54, 1.807) is 54.3 Å². The molecule has 0 bridgehead atoms. The van der Waals surface area contributed by atoms with Crippen LogP contribution in [0, 0.1) is 11.7 Å². The Morgan fingerprint density at radius 3 is 2.38 bits per heavy atom. The topological polar surface area (TPSA) is 60.8 Å². The fourth-order valence-corrected chi connectivity index (χ4v) is 4.38. The molecule has 2 aliphatic rings. The van der Waals surface area contributed by atoms with Crippen molar-refractivity contribution in [2.24, 2.45) is 5.92 Å². The smallest absolute Gasteiger partial charge is 0.233 e. The second-order valence-electron chi connectivity index (χ2n) is 8.20. The highest BCUT2D eigenvalue weighted by molar-refractivity contribution is 5.89. The first-order chi connectivity index (χ1) is 15.3. The van der Waals surface area contributed by atoms with Crippen LogP contribution in [0.3, 0.4) is 0 Å². The lowest BCUT2D eigenvalue weighted by molar-refractivity contribution is -0.152. The standard InChI is InChI=1S/C26H25F2NO3/c1-16(30)23(17-2-6-19(27)7-3-17)14-15-24-25(18-4-12-22(31)13-5-18)29(26(24)32)21-10-8-20(28)9-11-21/h2-8,10,12-14,16,24-25,30-31H,9,11,15H2,1H3. The number of halogens is 2. The van der Waals surface area contributed by atoms with Gasteiger partial charge in [0.1, 0.15) is 17.4 Å². The molecule has 0 aromatic heterocycles. The van der Waals surface area contributed by atoms with E-state index in [1.165, 1.54) is 18.2 Å². The highest BCUT2D eigenvalue weighted by atomic mass is 19.1. The Balaban J connectivity index is 1.64. The number of carbonyl (C=O) groups is 1. The van der Waals surface area contributed by atoms with Crippen molar-refractivity contribution in [3.05, 3.63) is 95.2 Å². The number of hydrogen-bond acceptors (Lipinski definition) is 3. The van der Waals surface area contributed by atoms with Crippen molar-refractivity contribution in [3.8, 4) is 5.75 Å². The molecule has 2 aromatic carbocycles. The summed E-state index contributed by atoms with van der Waals surface area (Å²) in [4.78, 5) is 14.8. The fourth-order valence-electron chi connectivity index (χ4n) is 4.38. The molecule has 4 nitrogen and oxygen atoms in total. The minimum Gasteiger partial charge on any atom is -0.508 e. The maximum Gasteiger partial charge on any atom is 0.233 e. The van der Waals surface area contributed by atoms with E-state index < -0.39 is 6.10 Å². The number of rotatable bonds is 6. The molecule has 3 unspecified atom stereocenters.